The predicted octanol–water partition coefficient (Wildman–Crippen LogP) is 2.40. The normalized spacial score (nSPS) is 9.58. The fourth-order valence-corrected chi connectivity index (χ4v) is 0.952. The average Bonchev–Trinajstić information content (AvgIpc) is 1.94. The van der Waals surface area contributed by atoms with Gasteiger partial charge in [-0.1, -0.05) is 19.9 Å². The van der Waals surface area contributed by atoms with Crippen molar-refractivity contribution < 1.29 is 0 Å². The third-order valence-electron chi connectivity index (χ3n) is 1.78. The molecule has 1 aromatic rings. The van der Waals surface area contributed by atoms with Crippen molar-refractivity contribution in [3.8, 4) is 0 Å². The Labute approximate surface area is 79.4 Å². The van der Waals surface area contributed by atoms with Crippen LogP contribution in [0, 0.1) is 0 Å². The van der Waals surface area contributed by atoms with E-state index in [1.54, 1.807) is 0 Å². The van der Waals surface area contributed by atoms with Gasteiger partial charge in [-0.2, -0.15) is 0 Å². The molecule has 0 bridgehead atoms. The Kier molecular flexibility index (Phi) is 3.90. The van der Waals surface area contributed by atoms with Crippen LogP contribution in [0.2, 0.25) is 0 Å². The van der Waals surface area contributed by atoms with Gasteiger partial charge in [0.15, 0.2) is 0 Å². The van der Waals surface area contributed by atoms with E-state index in [0.717, 1.165) is 0 Å². The zero-order valence-corrected chi connectivity index (χ0v) is 8.19. The van der Waals surface area contributed by atoms with Crippen molar-refractivity contribution in [3.63, 3.8) is 0 Å². The fraction of sp³-hybridized carbons (Fsp3) is 0.333. The molecule has 0 unspecified atom stereocenters. The highest BCUT2D eigenvalue weighted by Gasteiger charge is 2.00. The van der Waals surface area contributed by atoms with Crippen LogP contribution in [-0.4, -0.2) is 0 Å². The Morgan fingerprint density at radius 3 is 2.08 bits per heavy atom. The highest BCUT2D eigenvalue weighted by molar-refractivity contribution is 5.85. The Morgan fingerprint density at radius 2 is 1.67 bits per heavy atom. The predicted molar refractivity (Wildman–Crippen MR) is 56.6 cm³/mol. The van der Waals surface area contributed by atoms with Crippen LogP contribution in [0.15, 0.2) is 18.2 Å². The summed E-state index contributed by atoms with van der Waals surface area (Å²) in [6.07, 6.45) is 0. The van der Waals surface area contributed by atoms with Crippen molar-refractivity contribution in [3.05, 3.63) is 23.8 Å². The third-order valence-corrected chi connectivity index (χ3v) is 1.78. The highest BCUT2D eigenvalue weighted by atomic mass is 35.5. The van der Waals surface area contributed by atoms with E-state index in [2.05, 4.69) is 13.8 Å². The number of hydrogen-bond donors (Lipinski definition) is 2. The van der Waals surface area contributed by atoms with Crippen LogP contribution < -0.4 is 11.5 Å². The molecule has 0 aliphatic carbocycles. The maximum absolute atomic E-state index is 5.63. The molecule has 0 fully saturated rings. The number of rotatable bonds is 1. The average molecular weight is 187 g/mol. The summed E-state index contributed by atoms with van der Waals surface area (Å²) < 4.78 is 0. The SMILES string of the molecule is CC(C)c1ccc(N)c(N)c1.Cl. The van der Waals surface area contributed by atoms with Crippen LogP contribution in [0.25, 0.3) is 0 Å². The van der Waals surface area contributed by atoms with Gasteiger partial charge in [0.2, 0.25) is 0 Å². The minimum absolute atomic E-state index is 0. The molecule has 0 aromatic heterocycles. The molecule has 0 amide bonds. The van der Waals surface area contributed by atoms with E-state index < -0.39 is 0 Å². The topological polar surface area (TPSA) is 52.0 Å². The Morgan fingerprint density at radius 1 is 1.08 bits per heavy atom. The number of halogens is 1. The summed E-state index contributed by atoms with van der Waals surface area (Å²) in [4.78, 5) is 0. The van der Waals surface area contributed by atoms with E-state index in [1.807, 2.05) is 18.2 Å². The van der Waals surface area contributed by atoms with Crippen LogP contribution in [0.3, 0.4) is 0 Å². The first-order chi connectivity index (χ1) is 5.11. The molecule has 0 aliphatic heterocycles. The van der Waals surface area contributed by atoms with E-state index in [0.29, 0.717) is 17.3 Å². The Hall–Kier alpha value is -0.890. The summed E-state index contributed by atoms with van der Waals surface area (Å²) in [7, 11) is 0. The number of anilines is 2. The zero-order chi connectivity index (χ0) is 8.43. The highest BCUT2D eigenvalue weighted by Crippen LogP contribution is 2.21. The van der Waals surface area contributed by atoms with Gasteiger partial charge < -0.3 is 11.5 Å². The van der Waals surface area contributed by atoms with Crippen molar-refractivity contribution in [2.75, 3.05) is 11.5 Å². The van der Waals surface area contributed by atoms with Gasteiger partial charge in [0.1, 0.15) is 0 Å². The summed E-state index contributed by atoms with van der Waals surface area (Å²) in [5.41, 5.74) is 13.8. The van der Waals surface area contributed by atoms with Gasteiger partial charge in [-0.25, -0.2) is 0 Å². The molecular formula is C9H15ClN2. The molecule has 0 spiro atoms. The molecule has 0 atom stereocenters. The quantitative estimate of drug-likeness (QED) is 0.662. The van der Waals surface area contributed by atoms with E-state index in [4.69, 9.17) is 11.5 Å². The minimum atomic E-state index is 0. The third kappa shape index (κ3) is 2.31. The lowest BCUT2D eigenvalue weighted by molar-refractivity contribution is 0.867. The molecule has 0 radical (unpaired) electrons. The zero-order valence-electron chi connectivity index (χ0n) is 7.37. The lowest BCUT2D eigenvalue weighted by atomic mass is 10.0. The standard InChI is InChI=1S/C9H14N2.ClH/c1-6(2)7-3-4-8(10)9(11)5-7;/h3-6H,10-11H2,1-2H3;1H. The lowest BCUT2D eigenvalue weighted by Gasteiger charge is -2.07. The molecule has 2 nitrogen and oxygen atoms in total. The van der Waals surface area contributed by atoms with Crippen LogP contribution in [0.1, 0.15) is 25.3 Å². The second-order valence-corrected chi connectivity index (χ2v) is 3.04. The van der Waals surface area contributed by atoms with E-state index >= 15 is 0 Å². The molecule has 1 aromatic carbocycles. The monoisotopic (exact) mass is 186 g/mol. The van der Waals surface area contributed by atoms with Gasteiger partial charge in [-0.15, -0.1) is 12.4 Å². The number of benzene rings is 1. The first-order valence-electron chi connectivity index (χ1n) is 3.76. The smallest absolute Gasteiger partial charge is 0.0550 e. The van der Waals surface area contributed by atoms with Gasteiger partial charge >= 0.3 is 0 Å². The first kappa shape index (κ1) is 11.1. The molecule has 0 saturated heterocycles. The van der Waals surface area contributed by atoms with Crippen molar-refractivity contribution in [1.82, 2.24) is 0 Å². The second kappa shape index (κ2) is 4.21. The minimum Gasteiger partial charge on any atom is -0.397 e. The summed E-state index contributed by atoms with van der Waals surface area (Å²) in [6.45, 7) is 4.26. The molecule has 12 heavy (non-hydrogen) atoms. The van der Waals surface area contributed by atoms with E-state index in [-0.39, 0.29) is 12.4 Å². The van der Waals surface area contributed by atoms with Crippen LogP contribution in [-0.2, 0) is 0 Å². The first-order valence-corrected chi connectivity index (χ1v) is 3.76. The molecule has 3 heteroatoms. The molecule has 0 aliphatic rings. The number of nitrogen functional groups attached to an aromatic ring is 2. The maximum Gasteiger partial charge on any atom is 0.0550 e. The van der Waals surface area contributed by atoms with Gasteiger partial charge in [-0.3, -0.25) is 0 Å². The molecular weight excluding hydrogens is 172 g/mol. The Bertz CT molecular complexity index is 259. The van der Waals surface area contributed by atoms with Crippen LogP contribution in [0.5, 0.6) is 0 Å². The van der Waals surface area contributed by atoms with Crippen molar-refractivity contribution in [1.29, 1.82) is 0 Å². The van der Waals surface area contributed by atoms with E-state index in [1.165, 1.54) is 5.56 Å². The van der Waals surface area contributed by atoms with Crippen molar-refractivity contribution >= 4 is 23.8 Å². The lowest BCUT2D eigenvalue weighted by Crippen LogP contribution is -1.96. The fourth-order valence-electron chi connectivity index (χ4n) is 0.952. The molecule has 1 rings (SSSR count). The largest absolute Gasteiger partial charge is 0.397 e. The second-order valence-electron chi connectivity index (χ2n) is 3.04. The Balaban J connectivity index is 0.00000121. The van der Waals surface area contributed by atoms with Gasteiger partial charge in [0, 0.05) is 0 Å². The van der Waals surface area contributed by atoms with Crippen LogP contribution >= 0.6 is 12.4 Å². The van der Waals surface area contributed by atoms with E-state index in [9.17, 15) is 0 Å². The van der Waals surface area contributed by atoms with Gasteiger partial charge in [-0.05, 0) is 23.6 Å². The van der Waals surface area contributed by atoms with Gasteiger partial charge in [0.25, 0.3) is 0 Å². The van der Waals surface area contributed by atoms with Crippen molar-refractivity contribution in [2.24, 2.45) is 0 Å². The van der Waals surface area contributed by atoms with Gasteiger partial charge in [0.05, 0.1) is 11.4 Å². The van der Waals surface area contributed by atoms with Crippen molar-refractivity contribution in [2.45, 2.75) is 19.8 Å². The summed E-state index contributed by atoms with van der Waals surface area (Å²) in [5.74, 6) is 0.512. The summed E-state index contributed by atoms with van der Waals surface area (Å²) in [5, 5.41) is 0. The molecule has 68 valence electrons. The maximum atomic E-state index is 5.63. The molecule has 0 heterocycles. The molecule has 4 N–H and O–H groups in total. The summed E-state index contributed by atoms with van der Waals surface area (Å²) >= 11 is 0. The molecule has 0 saturated carbocycles. The number of nitrogens with two attached hydrogens (primary N) is 2. The van der Waals surface area contributed by atoms with Crippen LogP contribution in [0.4, 0.5) is 11.4 Å². The summed E-state index contributed by atoms with van der Waals surface area (Å²) in [6, 6.07) is 5.79. The number of hydrogen-bond acceptors (Lipinski definition) is 2.